The van der Waals surface area contributed by atoms with Crippen LogP contribution in [0.25, 0.3) is 11.3 Å². The summed E-state index contributed by atoms with van der Waals surface area (Å²) in [4.78, 5) is 0. The van der Waals surface area contributed by atoms with E-state index < -0.39 is 0 Å². The van der Waals surface area contributed by atoms with E-state index in [4.69, 9.17) is 16.1 Å². The Balaban J connectivity index is 2.52. The van der Waals surface area contributed by atoms with Crippen molar-refractivity contribution in [2.45, 2.75) is 0 Å². The molecular formula is C9H4Br2ClNO. The van der Waals surface area contributed by atoms with E-state index in [2.05, 4.69) is 37.0 Å². The molecule has 0 saturated heterocycles. The lowest BCUT2D eigenvalue weighted by molar-refractivity contribution is 0.402. The van der Waals surface area contributed by atoms with Gasteiger partial charge in [-0.15, -0.1) is 0 Å². The first-order chi connectivity index (χ1) is 6.66. The second kappa shape index (κ2) is 4.04. The van der Waals surface area contributed by atoms with Crippen LogP contribution in [0.3, 0.4) is 0 Å². The standard InChI is InChI=1S/C9H4Br2ClNO/c10-5-1-2-6(7(12)3-5)8-4-9(11)14-13-8/h1-4H. The van der Waals surface area contributed by atoms with E-state index in [9.17, 15) is 0 Å². The predicted molar refractivity (Wildman–Crippen MR) is 62.3 cm³/mol. The van der Waals surface area contributed by atoms with Gasteiger partial charge in [0.1, 0.15) is 5.69 Å². The topological polar surface area (TPSA) is 26.0 Å². The van der Waals surface area contributed by atoms with Crippen molar-refractivity contribution in [2.75, 3.05) is 0 Å². The molecule has 0 fully saturated rings. The lowest BCUT2D eigenvalue weighted by atomic mass is 10.1. The molecule has 0 radical (unpaired) electrons. The molecule has 0 atom stereocenters. The molecule has 72 valence electrons. The van der Waals surface area contributed by atoms with Crippen molar-refractivity contribution in [1.29, 1.82) is 0 Å². The zero-order valence-corrected chi connectivity index (χ0v) is 10.7. The third-order valence-corrected chi connectivity index (χ3v) is 2.87. The number of nitrogens with zero attached hydrogens (tertiary/aromatic N) is 1. The van der Waals surface area contributed by atoms with Crippen LogP contribution in [-0.2, 0) is 0 Å². The first-order valence-electron chi connectivity index (χ1n) is 3.74. The molecule has 2 aromatic rings. The zero-order valence-electron chi connectivity index (χ0n) is 6.80. The predicted octanol–water partition coefficient (Wildman–Crippen LogP) is 4.52. The molecule has 0 N–H and O–H groups in total. The second-order valence-electron chi connectivity index (χ2n) is 2.64. The van der Waals surface area contributed by atoms with Gasteiger partial charge in [0.15, 0.2) is 0 Å². The normalized spacial score (nSPS) is 10.5. The molecular weight excluding hydrogens is 333 g/mol. The van der Waals surface area contributed by atoms with Crippen LogP contribution in [0, 0.1) is 0 Å². The van der Waals surface area contributed by atoms with Gasteiger partial charge in [0.25, 0.3) is 0 Å². The van der Waals surface area contributed by atoms with Gasteiger partial charge in [0, 0.05) is 16.1 Å². The van der Waals surface area contributed by atoms with Gasteiger partial charge < -0.3 is 4.52 Å². The summed E-state index contributed by atoms with van der Waals surface area (Å²) < 4.78 is 6.43. The molecule has 0 aliphatic rings. The van der Waals surface area contributed by atoms with Gasteiger partial charge in [-0.2, -0.15) is 0 Å². The number of halogens is 3. The maximum Gasteiger partial charge on any atom is 0.202 e. The average molecular weight is 337 g/mol. The molecule has 0 aliphatic carbocycles. The van der Waals surface area contributed by atoms with Crippen LogP contribution in [-0.4, -0.2) is 5.16 Å². The average Bonchev–Trinajstić information content (AvgIpc) is 2.51. The number of hydrogen-bond acceptors (Lipinski definition) is 2. The minimum absolute atomic E-state index is 0.589. The summed E-state index contributed by atoms with van der Waals surface area (Å²) in [5.74, 6) is 0. The molecule has 1 aromatic carbocycles. The molecule has 2 rings (SSSR count). The van der Waals surface area contributed by atoms with Crippen LogP contribution < -0.4 is 0 Å². The summed E-state index contributed by atoms with van der Waals surface area (Å²) in [7, 11) is 0. The van der Waals surface area contributed by atoms with Crippen LogP contribution in [0.5, 0.6) is 0 Å². The van der Waals surface area contributed by atoms with E-state index in [0.717, 1.165) is 15.7 Å². The highest BCUT2D eigenvalue weighted by Crippen LogP contribution is 2.30. The summed E-state index contributed by atoms with van der Waals surface area (Å²) >= 11 is 12.6. The van der Waals surface area contributed by atoms with Crippen LogP contribution >= 0.6 is 43.5 Å². The molecule has 0 bridgehead atoms. The third-order valence-electron chi connectivity index (χ3n) is 1.69. The number of benzene rings is 1. The van der Waals surface area contributed by atoms with E-state index in [0.29, 0.717) is 9.69 Å². The largest absolute Gasteiger partial charge is 0.349 e. The van der Waals surface area contributed by atoms with Crippen molar-refractivity contribution in [2.24, 2.45) is 0 Å². The molecule has 1 heterocycles. The zero-order chi connectivity index (χ0) is 10.1. The van der Waals surface area contributed by atoms with Crippen LogP contribution in [0.1, 0.15) is 0 Å². The first-order valence-corrected chi connectivity index (χ1v) is 5.71. The number of aromatic nitrogens is 1. The Bertz CT molecular complexity index is 470. The van der Waals surface area contributed by atoms with Crippen molar-refractivity contribution >= 4 is 43.5 Å². The Kier molecular flexibility index (Phi) is 2.95. The fourth-order valence-corrected chi connectivity index (χ4v) is 2.14. The van der Waals surface area contributed by atoms with Crippen molar-refractivity contribution in [3.8, 4) is 11.3 Å². The molecule has 0 aliphatic heterocycles. The Morgan fingerprint density at radius 1 is 1.21 bits per heavy atom. The Labute approximate surface area is 102 Å². The number of hydrogen-bond donors (Lipinski definition) is 0. The second-order valence-corrected chi connectivity index (χ2v) is 4.74. The highest BCUT2D eigenvalue weighted by Gasteiger charge is 2.08. The highest BCUT2D eigenvalue weighted by molar-refractivity contribution is 9.10. The van der Waals surface area contributed by atoms with E-state index in [1.165, 1.54) is 0 Å². The highest BCUT2D eigenvalue weighted by atomic mass is 79.9. The molecule has 0 spiro atoms. The number of rotatable bonds is 1. The third kappa shape index (κ3) is 2.02. The molecule has 0 saturated carbocycles. The van der Waals surface area contributed by atoms with Gasteiger partial charge in [0.2, 0.25) is 4.67 Å². The van der Waals surface area contributed by atoms with Crippen LogP contribution in [0.2, 0.25) is 5.02 Å². The van der Waals surface area contributed by atoms with Crippen molar-refractivity contribution in [3.05, 3.63) is 38.4 Å². The summed E-state index contributed by atoms with van der Waals surface area (Å²) in [5, 5.41) is 4.49. The molecule has 14 heavy (non-hydrogen) atoms. The maximum atomic E-state index is 6.05. The minimum Gasteiger partial charge on any atom is -0.349 e. The van der Waals surface area contributed by atoms with Gasteiger partial charge >= 0.3 is 0 Å². The van der Waals surface area contributed by atoms with Crippen molar-refractivity contribution in [1.82, 2.24) is 5.16 Å². The van der Waals surface area contributed by atoms with Gasteiger partial charge in [-0.05, 0) is 28.1 Å². The Morgan fingerprint density at radius 2 is 2.00 bits per heavy atom. The van der Waals surface area contributed by atoms with Gasteiger partial charge in [-0.25, -0.2) is 0 Å². The summed E-state index contributed by atoms with van der Waals surface area (Å²) in [5.41, 5.74) is 1.57. The molecule has 0 amide bonds. The molecule has 5 heteroatoms. The fourth-order valence-electron chi connectivity index (χ4n) is 1.08. The van der Waals surface area contributed by atoms with Crippen LogP contribution in [0.15, 0.2) is 37.9 Å². The lowest BCUT2D eigenvalue weighted by Crippen LogP contribution is -1.78. The Morgan fingerprint density at radius 3 is 2.57 bits per heavy atom. The van der Waals surface area contributed by atoms with Crippen molar-refractivity contribution < 1.29 is 4.52 Å². The van der Waals surface area contributed by atoms with Gasteiger partial charge in [-0.1, -0.05) is 38.8 Å². The smallest absolute Gasteiger partial charge is 0.202 e. The molecule has 1 aromatic heterocycles. The van der Waals surface area contributed by atoms with E-state index in [1.807, 2.05) is 18.2 Å². The van der Waals surface area contributed by atoms with Crippen LogP contribution in [0.4, 0.5) is 0 Å². The molecule has 0 unspecified atom stereocenters. The quantitative estimate of drug-likeness (QED) is 0.765. The minimum atomic E-state index is 0.589. The van der Waals surface area contributed by atoms with E-state index >= 15 is 0 Å². The monoisotopic (exact) mass is 335 g/mol. The van der Waals surface area contributed by atoms with E-state index in [-0.39, 0.29) is 0 Å². The lowest BCUT2D eigenvalue weighted by Gasteiger charge is -1.99. The van der Waals surface area contributed by atoms with Gasteiger partial charge in [-0.3, -0.25) is 0 Å². The molecule has 2 nitrogen and oxygen atoms in total. The first kappa shape index (κ1) is 10.2. The summed E-state index contributed by atoms with van der Waals surface area (Å²) in [6.45, 7) is 0. The van der Waals surface area contributed by atoms with E-state index in [1.54, 1.807) is 6.07 Å². The summed E-state index contributed by atoms with van der Waals surface area (Å²) in [6, 6.07) is 7.38. The van der Waals surface area contributed by atoms with Gasteiger partial charge in [0.05, 0.1) is 5.02 Å². The maximum absolute atomic E-state index is 6.05. The van der Waals surface area contributed by atoms with Crippen molar-refractivity contribution in [3.63, 3.8) is 0 Å². The SMILES string of the molecule is Clc1cc(Br)ccc1-c1cc(Br)on1. The summed E-state index contributed by atoms with van der Waals surface area (Å²) in [6.07, 6.45) is 0. The Hall–Kier alpha value is -0.320. The fraction of sp³-hybridized carbons (Fsp3) is 0.